The number of sulfonamides is 1. The summed E-state index contributed by atoms with van der Waals surface area (Å²) in [5.74, 6) is 0.269. The van der Waals surface area contributed by atoms with Gasteiger partial charge in [-0.15, -0.1) is 0 Å². The molecule has 0 aromatic heterocycles. The highest BCUT2D eigenvalue weighted by atomic mass is 32.2. The Morgan fingerprint density at radius 2 is 1.68 bits per heavy atom. The highest BCUT2D eigenvalue weighted by molar-refractivity contribution is 7.89. The van der Waals surface area contributed by atoms with Crippen LogP contribution in [0, 0.1) is 11.3 Å². The first-order chi connectivity index (χ1) is 10.2. The highest BCUT2D eigenvalue weighted by Crippen LogP contribution is 2.28. The molecule has 0 radical (unpaired) electrons. The SMILES string of the molecule is CC(C)(C)CC(=O)C1CCN(S(=O)(=O)c2ccccc2)CC1. The smallest absolute Gasteiger partial charge is 0.243 e. The van der Waals surface area contributed by atoms with Crippen molar-refractivity contribution in [2.75, 3.05) is 13.1 Å². The van der Waals surface area contributed by atoms with Gasteiger partial charge in [0.1, 0.15) is 5.78 Å². The lowest BCUT2D eigenvalue weighted by Gasteiger charge is -2.31. The van der Waals surface area contributed by atoms with Gasteiger partial charge in [0.15, 0.2) is 0 Å². The molecule has 0 N–H and O–H groups in total. The largest absolute Gasteiger partial charge is 0.299 e. The Hall–Kier alpha value is -1.20. The number of Topliss-reactive ketones (excluding diaryl/α,β-unsaturated/α-hetero) is 1. The number of benzene rings is 1. The Labute approximate surface area is 133 Å². The normalized spacial score (nSPS) is 18.3. The van der Waals surface area contributed by atoms with Gasteiger partial charge in [-0.25, -0.2) is 8.42 Å². The third-order valence-electron chi connectivity index (χ3n) is 3.99. The average Bonchev–Trinajstić information content (AvgIpc) is 2.46. The quantitative estimate of drug-likeness (QED) is 0.855. The van der Waals surface area contributed by atoms with Crippen LogP contribution in [0.4, 0.5) is 0 Å². The van der Waals surface area contributed by atoms with Crippen molar-refractivity contribution in [1.82, 2.24) is 4.31 Å². The predicted octanol–water partition coefficient (Wildman–Crippen LogP) is 3.09. The third-order valence-corrected chi connectivity index (χ3v) is 5.91. The van der Waals surface area contributed by atoms with E-state index < -0.39 is 10.0 Å². The van der Waals surface area contributed by atoms with Gasteiger partial charge in [0, 0.05) is 25.4 Å². The van der Waals surface area contributed by atoms with Crippen molar-refractivity contribution < 1.29 is 13.2 Å². The van der Waals surface area contributed by atoms with Gasteiger partial charge in [0.25, 0.3) is 0 Å². The van der Waals surface area contributed by atoms with Gasteiger partial charge in [-0.3, -0.25) is 4.79 Å². The molecular weight excluding hydrogens is 298 g/mol. The summed E-state index contributed by atoms with van der Waals surface area (Å²) < 4.78 is 26.6. The molecule has 1 aromatic carbocycles. The number of carbonyl (C=O) groups is 1. The van der Waals surface area contributed by atoms with Crippen LogP contribution in [0.15, 0.2) is 35.2 Å². The van der Waals surface area contributed by atoms with E-state index in [1.54, 1.807) is 30.3 Å². The minimum absolute atomic E-state index is 0.00134. The van der Waals surface area contributed by atoms with Gasteiger partial charge in [0.05, 0.1) is 4.90 Å². The van der Waals surface area contributed by atoms with Gasteiger partial charge in [0.2, 0.25) is 10.0 Å². The van der Waals surface area contributed by atoms with Crippen LogP contribution < -0.4 is 0 Å². The molecule has 1 saturated heterocycles. The van der Waals surface area contributed by atoms with E-state index in [1.165, 1.54) is 4.31 Å². The van der Waals surface area contributed by atoms with Crippen LogP contribution >= 0.6 is 0 Å². The molecule has 0 atom stereocenters. The zero-order chi connectivity index (χ0) is 16.4. The van der Waals surface area contributed by atoms with Crippen LogP contribution in [0.25, 0.3) is 0 Å². The zero-order valence-electron chi connectivity index (χ0n) is 13.6. The molecule has 5 heteroatoms. The third kappa shape index (κ3) is 4.17. The molecule has 0 aliphatic carbocycles. The lowest BCUT2D eigenvalue weighted by Crippen LogP contribution is -2.40. The standard InChI is InChI=1S/C17H25NO3S/c1-17(2,3)13-16(19)14-9-11-18(12-10-14)22(20,21)15-7-5-4-6-8-15/h4-8,14H,9-13H2,1-3H3. The summed E-state index contributed by atoms with van der Waals surface area (Å²) in [6, 6.07) is 8.49. The molecule has 0 unspecified atom stereocenters. The van der Waals surface area contributed by atoms with Gasteiger partial charge >= 0.3 is 0 Å². The van der Waals surface area contributed by atoms with E-state index in [9.17, 15) is 13.2 Å². The summed E-state index contributed by atoms with van der Waals surface area (Å²) in [6.45, 7) is 7.02. The predicted molar refractivity (Wildman–Crippen MR) is 87.0 cm³/mol. The topological polar surface area (TPSA) is 54.5 Å². The van der Waals surface area contributed by atoms with E-state index >= 15 is 0 Å². The Kier molecular flexibility index (Phi) is 5.07. The van der Waals surface area contributed by atoms with Crippen LogP contribution in [-0.4, -0.2) is 31.6 Å². The van der Waals surface area contributed by atoms with Crippen molar-refractivity contribution in [3.8, 4) is 0 Å². The Balaban J connectivity index is 1.99. The summed E-state index contributed by atoms with van der Waals surface area (Å²) in [6.07, 6.45) is 1.81. The minimum atomic E-state index is -3.42. The van der Waals surface area contributed by atoms with Crippen molar-refractivity contribution >= 4 is 15.8 Å². The second-order valence-electron chi connectivity index (χ2n) is 7.20. The van der Waals surface area contributed by atoms with E-state index in [-0.39, 0.29) is 17.1 Å². The van der Waals surface area contributed by atoms with Crippen LogP contribution in [0.1, 0.15) is 40.0 Å². The monoisotopic (exact) mass is 323 g/mol. The summed E-state index contributed by atoms with van der Waals surface area (Å²) in [5.41, 5.74) is -0.00959. The fourth-order valence-corrected chi connectivity index (χ4v) is 4.32. The fraction of sp³-hybridized carbons (Fsp3) is 0.588. The number of rotatable bonds is 4. The van der Waals surface area contributed by atoms with Crippen molar-refractivity contribution in [3.63, 3.8) is 0 Å². The van der Waals surface area contributed by atoms with Crippen molar-refractivity contribution in [3.05, 3.63) is 30.3 Å². The molecule has 1 fully saturated rings. The molecule has 122 valence electrons. The molecule has 1 aliphatic rings. The zero-order valence-corrected chi connectivity index (χ0v) is 14.4. The number of ketones is 1. The maximum atomic E-state index is 12.5. The van der Waals surface area contributed by atoms with E-state index in [0.717, 1.165) is 0 Å². The lowest BCUT2D eigenvalue weighted by atomic mass is 9.82. The van der Waals surface area contributed by atoms with Crippen LogP contribution in [0.3, 0.4) is 0 Å². The summed E-state index contributed by atoms with van der Waals surface area (Å²) in [5, 5.41) is 0. The molecule has 1 aliphatic heterocycles. The van der Waals surface area contributed by atoms with Gasteiger partial charge in [-0.05, 0) is 30.4 Å². The molecule has 1 aromatic rings. The first-order valence-corrected chi connectivity index (χ1v) is 9.22. The van der Waals surface area contributed by atoms with Gasteiger partial charge < -0.3 is 0 Å². The summed E-state index contributed by atoms with van der Waals surface area (Å²) in [7, 11) is -3.42. The molecule has 2 rings (SSSR count). The van der Waals surface area contributed by atoms with Gasteiger partial charge in [-0.1, -0.05) is 39.0 Å². The van der Waals surface area contributed by atoms with E-state index in [0.29, 0.717) is 37.2 Å². The molecule has 1 heterocycles. The van der Waals surface area contributed by atoms with E-state index in [4.69, 9.17) is 0 Å². The van der Waals surface area contributed by atoms with Crippen molar-refractivity contribution in [1.29, 1.82) is 0 Å². The minimum Gasteiger partial charge on any atom is -0.299 e. The summed E-state index contributed by atoms with van der Waals surface area (Å²) >= 11 is 0. The molecule has 0 bridgehead atoms. The lowest BCUT2D eigenvalue weighted by molar-refractivity contribution is -0.125. The van der Waals surface area contributed by atoms with Crippen LogP contribution in [-0.2, 0) is 14.8 Å². The average molecular weight is 323 g/mol. The molecule has 0 amide bonds. The van der Waals surface area contributed by atoms with Crippen LogP contribution in [0.2, 0.25) is 0 Å². The number of hydrogen-bond acceptors (Lipinski definition) is 3. The van der Waals surface area contributed by atoms with Gasteiger partial charge in [-0.2, -0.15) is 4.31 Å². The van der Waals surface area contributed by atoms with Crippen molar-refractivity contribution in [2.24, 2.45) is 11.3 Å². The van der Waals surface area contributed by atoms with Crippen molar-refractivity contribution in [2.45, 2.75) is 44.9 Å². The Bertz CT molecular complexity index is 609. The second-order valence-corrected chi connectivity index (χ2v) is 9.13. The summed E-state index contributed by atoms with van der Waals surface area (Å²) in [4.78, 5) is 12.6. The molecule has 0 saturated carbocycles. The fourth-order valence-electron chi connectivity index (χ4n) is 2.83. The number of nitrogens with zero attached hydrogens (tertiary/aromatic N) is 1. The maximum Gasteiger partial charge on any atom is 0.243 e. The number of carbonyl (C=O) groups excluding carboxylic acids is 1. The maximum absolute atomic E-state index is 12.5. The first kappa shape index (κ1) is 17.2. The van der Waals surface area contributed by atoms with E-state index in [2.05, 4.69) is 20.8 Å². The van der Waals surface area contributed by atoms with E-state index in [1.807, 2.05) is 0 Å². The molecule has 22 heavy (non-hydrogen) atoms. The molecular formula is C17H25NO3S. The highest BCUT2D eigenvalue weighted by Gasteiger charge is 2.32. The number of hydrogen-bond donors (Lipinski definition) is 0. The number of piperidine rings is 1. The second kappa shape index (κ2) is 6.50. The first-order valence-electron chi connectivity index (χ1n) is 7.78. The molecule has 4 nitrogen and oxygen atoms in total. The Morgan fingerprint density at radius 1 is 1.14 bits per heavy atom. The Morgan fingerprint density at radius 3 is 2.18 bits per heavy atom. The molecule has 0 spiro atoms. The van der Waals surface area contributed by atoms with Crippen LogP contribution in [0.5, 0.6) is 0 Å².